The summed E-state index contributed by atoms with van der Waals surface area (Å²) >= 11 is 0. The summed E-state index contributed by atoms with van der Waals surface area (Å²) in [6.07, 6.45) is 1.95. The van der Waals surface area contributed by atoms with Crippen molar-refractivity contribution in [2.75, 3.05) is 26.8 Å². The lowest BCUT2D eigenvalue weighted by Gasteiger charge is -2.21. The van der Waals surface area contributed by atoms with Gasteiger partial charge in [-0.2, -0.15) is 0 Å². The Bertz CT molecular complexity index is 840. The van der Waals surface area contributed by atoms with Crippen molar-refractivity contribution in [3.8, 4) is 11.5 Å². The lowest BCUT2D eigenvalue weighted by molar-refractivity contribution is -0.121. The molecule has 2 aromatic rings. The number of nitrogens with one attached hydrogen (secondary N) is 1. The first-order chi connectivity index (χ1) is 14.5. The van der Waals surface area contributed by atoms with Crippen LogP contribution in [-0.2, 0) is 11.3 Å². The molecule has 0 spiro atoms. The van der Waals surface area contributed by atoms with E-state index in [1.54, 1.807) is 30.3 Å². The molecule has 0 radical (unpaired) electrons. The molecule has 7 heteroatoms. The fourth-order valence-corrected chi connectivity index (χ4v) is 2.79. The van der Waals surface area contributed by atoms with Crippen molar-refractivity contribution < 1.29 is 23.5 Å². The summed E-state index contributed by atoms with van der Waals surface area (Å²) in [6, 6.07) is 10.9. The molecule has 0 heterocycles. The summed E-state index contributed by atoms with van der Waals surface area (Å²) in [5.41, 5.74) is 1.20. The molecule has 6 nitrogen and oxygen atoms in total. The highest BCUT2D eigenvalue weighted by Crippen LogP contribution is 2.28. The number of hydrogen-bond donors (Lipinski definition) is 1. The lowest BCUT2D eigenvalue weighted by atomic mass is 10.1. The van der Waals surface area contributed by atoms with Gasteiger partial charge in [0.1, 0.15) is 5.82 Å². The molecule has 162 valence electrons. The van der Waals surface area contributed by atoms with Gasteiger partial charge in [-0.05, 0) is 49.2 Å². The highest BCUT2D eigenvalue weighted by Gasteiger charge is 2.19. The van der Waals surface area contributed by atoms with E-state index in [4.69, 9.17) is 9.47 Å². The van der Waals surface area contributed by atoms with Gasteiger partial charge in [0.05, 0.1) is 20.3 Å². The minimum absolute atomic E-state index is 0.0758. The van der Waals surface area contributed by atoms with Crippen molar-refractivity contribution in [1.82, 2.24) is 10.2 Å². The first-order valence-corrected chi connectivity index (χ1v) is 10.1. The van der Waals surface area contributed by atoms with E-state index >= 15 is 0 Å². The van der Waals surface area contributed by atoms with Crippen LogP contribution in [0.4, 0.5) is 4.39 Å². The van der Waals surface area contributed by atoms with Crippen LogP contribution in [0.2, 0.25) is 0 Å². The number of likely N-dealkylation sites (N-methyl/N-ethyl adjacent to an activating group) is 1. The van der Waals surface area contributed by atoms with E-state index < -0.39 is 0 Å². The topological polar surface area (TPSA) is 67.9 Å². The van der Waals surface area contributed by atoms with E-state index in [1.807, 2.05) is 6.92 Å². The van der Waals surface area contributed by atoms with Crippen molar-refractivity contribution in [3.63, 3.8) is 0 Å². The average molecular weight is 416 g/mol. The van der Waals surface area contributed by atoms with Crippen molar-refractivity contribution in [2.45, 2.75) is 33.2 Å². The quantitative estimate of drug-likeness (QED) is 0.566. The molecule has 0 aliphatic carbocycles. The van der Waals surface area contributed by atoms with E-state index in [-0.39, 0.29) is 30.7 Å². The maximum atomic E-state index is 13.0. The molecule has 0 fully saturated rings. The average Bonchev–Trinajstić information content (AvgIpc) is 2.77. The number of ether oxygens (including phenoxy) is 2. The second kappa shape index (κ2) is 11.8. The zero-order valence-electron chi connectivity index (χ0n) is 17.7. The van der Waals surface area contributed by atoms with Crippen LogP contribution >= 0.6 is 0 Å². The Balaban J connectivity index is 1.98. The Kier molecular flexibility index (Phi) is 9.12. The normalized spacial score (nSPS) is 10.4. The van der Waals surface area contributed by atoms with Crippen molar-refractivity contribution >= 4 is 11.8 Å². The predicted octanol–water partition coefficient (Wildman–Crippen LogP) is 3.79. The van der Waals surface area contributed by atoms with Crippen LogP contribution < -0.4 is 14.8 Å². The molecular weight excluding hydrogens is 387 g/mol. The monoisotopic (exact) mass is 416 g/mol. The van der Waals surface area contributed by atoms with Gasteiger partial charge in [0.15, 0.2) is 11.5 Å². The van der Waals surface area contributed by atoms with E-state index in [1.165, 1.54) is 24.1 Å². The highest BCUT2D eigenvalue weighted by atomic mass is 19.1. The zero-order chi connectivity index (χ0) is 21.9. The summed E-state index contributed by atoms with van der Waals surface area (Å²) in [5, 5.41) is 2.75. The maximum Gasteiger partial charge on any atom is 0.254 e. The Morgan fingerprint density at radius 1 is 1.07 bits per heavy atom. The van der Waals surface area contributed by atoms with Gasteiger partial charge < -0.3 is 19.7 Å². The third-order valence-electron chi connectivity index (χ3n) is 4.57. The van der Waals surface area contributed by atoms with Gasteiger partial charge in [0.2, 0.25) is 5.91 Å². The molecule has 1 N–H and O–H groups in total. The SMILES string of the molecule is CCCCOc1ccc(C(=O)N(CC)CC(=O)NCc2ccc(F)cc2)cc1OC. The minimum Gasteiger partial charge on any atom is -0.493 e. The number of halogens is 1. The standard InChI is InChI=1S/C23H29FN2O4/c1-4-6-13-30-20-12-9-18(14-21(20)29-3)23(28)26(5-2)16-22(27)25-15-17-7-10-19(24)11-8-17/h7-12,14H,4-6,13,15-16H2,1-3H3,(H,25,27). The van der Waals surface area contributed by atoms with Gasteiger partial charge in [0.25, 0.3) is 5.91 Å². The number of unbranched alkanes of at least 4 members (excludes halogenated alkanes) is 1. The predicted molar refractivity (Wildman–Crippen MR) is 113 cm³/mol. The van der Waals surface area contributed by atoms with E-state index in [9.17, 15) is 14.0 Å². The number of carbonyl (C=O) groups excluding carboxylic acids is 2. The molecule has 2 aromatic carbocycles. The number of methoxy groups -OCH3 is 1. The first kappa shape index (κ1) is 23.2. The third-order valence-corrected chi connectivity index (χ3v) is 4.57. The summed E-state index contributed by atoms with van der Waals surface area (Å²) in [6.45, 7) is 5.04. The van der Waals surface area contributed by atoms with Crippen molar-refractivity contribution in [3.05, 3.63) is 59.4 Å². The molecule has 2 rings (SSSR count). The van der Waals surface area contributed by atoms with Crippen LogP contribution in [-0.4, -0.2) is 43.5 Å². The van der Waals surface area contributed by atoms with Crippen molar-refractivity contribution in [1.29, 1.82) is 0 Å². The molecule has 0 saturated heterocycles. The summed E-state index contributed by atoms with van der Waals surface area (Å²) < 4.78 is 24.0. The molecule has 0 aromatic heterocycles. The lowest BCUT2D eigenvalue weighted by Crippen LogP contribution is -2.40. The fraction of sp³-hybridized carbons (Fsp3) is 0.391. The van der Waals surface area contributed by atoms with Gasteiger partial charge in [-0.25, -0.2) is 4.39 Å². The number of nitrogens with zero attached hydrogens (tertiary/aromatic N) is 1. The van der Waals surface area contributed by atoms with Gasteiger partial charge in [-0.3, -0.25) is 9.59 Å². The second-order valence-electron chi connectivity index (χ2n) is 6.79. The number of amides is 2. The number of hydrogen-bond acceptors (Lipinski definition) is 4. The number of benzene rings is 2. The molecule has 0 aliphatic rings. The zero-order valence-corrected chi connectivity index (χ0v) is 17.7. The minimum atomic E-state index is -0.329. The molecule has 0 bridgehead atoms. The van der Waals surface area contributed by atoms with Gasteiger partial charge in [0, 0.05) is 18.7 Å². The highest BCUT2D eigenvalue weighted by molar-refractivity contribution is 5.97. The molecule has 30 heavy (non-hydrogen) atoms. The molecule has 2 amide bonds. The van der Waals surface area contributed by atoms with Crippen LogP contribution in [0.15, 0.2) is 42.5 Å². The number of rotatable bonds is 11. The number of carbonyl (C=O) groups is 2. The maximum absolute atomic E-state index is 13.0. The molecule has 0 saturated carbocycles. The van der Waals surface area contributed by atoms with Gasteiger partial charge >= 0.3 is 0 Å². The van der Waals surface area contributed by atoms with Gasteiger partial charge in [-0.15, -0.1) is 0 Å². The van der Waals surface area contributed by atoms with Crippen LogP contribution in [0.25, 0.3) is 0 Å². The van der Waals surface area contributed by atoms with E-state index in [0.717, 1.165) is 18.4 Å². The Morgan fingerprint density at radius 2 is 1.80 bits per heavy atom. The molecule has 0 unspecified atom stereocenters. The van der Waals surface area contributed by atoms with Crippen LogP contribution in [0.1, 0.15) is 42.6 Å². The van der Waals surface area contributed by atoms with Crippen molar-refractivity contribution in [2.24, 2.45) is 0 Å². The Labute approximate surface area is 177 Å². The Morgan fingerprint density at radius 3 is 2.43 bits per heavy atom. The smallest absolute Gasteiger partial charge is 0.254 e. The van der Waals surface area contributed by atoms with Gasteiger partial charge in [-0.1, -0.05) is 25.5 Å². The molecule has 0 atom stereocenters. The van der Waals surface area contributed by atoms with Crippen LogP contribution in [0, 0.1) is 5.82 Å². The molecule has 0 aliphatic heterocycles. The molecular formula is C23H29FN2O4. The van der Waals surface area contributed by atoms with Crippen LogP contribution in [0.3, 0.4) is 0 Å². The fourth-order valence-electron chi connectivity index (χ4n) is 2.79. The van der Waals surface area contributed by atoms with E-state index in [0.29, 0.717) is 30.2 Å². The van der Waals surface area contributed by atoms with E-state index in [2.05, 4.69) is 12.2 Å². The third kappa shape index (κ3) is 6.76. The summed E-state index contributed by atoms with van der Waals surface area (Å²) in [7, 11) is 1.52. The largest absolute Gasteiger partial charge is 0.493 e. The summed E-state index contributed by atoms with van der Waals surface area (Å²) in [5.74, 6) is 0.176. The second-order valence-corrected chi connectivity index (χ2v) is 6.79. The Hall–Kier alpha value is -3.09. The summed E-state index contributed by atoms with van der Waals surface area (Å²) in [4.78, 5) is 26.6. The van der Waals surface area contributed by atoms with Crippen LogP contribution in [0.5, 0.6) is 11.5 Å². The first-order valence-electron chi connectivity index (χ1n) is 10.1.